The number of hydrogen-bond donors (Lipinski definition) is 2. The first-order valence-electron chi connectivity index (χ1n) is 5.98. The second-order valence-electron chi connectivity index (χ2n) is 4.77. The lowest BCUT2D eigenvalue weighted by Gasteiger charge is -2.11. The van der Waals surface area contributed by atoms with Gasteiger partial charge in [-0.05, 0) is 24.6 Å². The first kappa shape index (κ1) is 12.1. The fraction of sp³-hybridized carbons (Fsp3) is 0.429. The molecule has 2 rings (SSSR count). The Balaban J connectivity index is 2.18. The zero-order valence-corrected chi connectivity index (χ0v) is 10.5. The highest BCUT2D eigenvalue weighted by molar-refractivity contribution is 5.78. The van der Waals surface area contributed by atoms with E-state index in [0.29, 0.717) is 18.3 Å². The molecule has 2 aromatic rings. The average molecular weight is 233 g/mol. The van der Waals surface area contributed by atoms with Gasteiger partial charge in [-0.2, -0.15) is 0 Å². The first-order valence-corrected chi connectivity index (χ1v) is 5.98. The molecule has 1 atom stereocenters. The third-order valence-corrected chi connectivity index (χ3v) is 2.74. The average Bonchev–Trinajstić information content (AvgIpc) is 2.68. The molecule has 0 amide bonds. The summed E-state index contributed by atoms with van der Waals surface area (Å²) in [5.74, 6) is 0.624. The van der Waals surface area contributed by atoms with Crippen molar-refractivity contribution in [2.75, 3.05) is 6.54 Å². The Morgan fingerprint density at radius 2 is 2.06 bits per heavy atom. The van der Waals surface area contributed by atoms with Crippen molar-refractivity contribution < 1.29 is 9.52 Å². The van der Waals surface area contributed by atoms with Gasteiger partial charge in [-0.1, -0.05) is 26.0 Å². The van der Waals surface area contributed by atoms with E-state index in [1.165, 1.54) is 0 Å². The Hall–Kier alpha value is -1.32. The normalized spacial score (nSPS) is 13.5. The van der Waals surface area contributed by atoms with Crippen LogP contribution in [-0.2, 0) is 0 Å². The number of fused-ring (bicyclic) bond motifs is 1. The first-order chi connectivity index (χ1) is 8.06. The molecule has 0 saturated carbocycles. The standard InChI is InChI=1S/C14H19NO2/c1-9(2)15-8-12(16)14-7-11-5-4-10(3)6-13(11)17-14/h4-7,9,12,15-16H,8H2,1-3H3. The lowest BCUT2D eigenvalue weighted by atomic mass is 10.2. The van der Waals surface area contributed by atoms with Crippen molar-refractivity contribution in [2.45, 2.75) is 32.9 Å². The van der Waals surface area contributed by atoms with Gasteiger partial charge in [-0.25, -0.2) is 0 Å². The smallest absolute Gasteiger partial charge is 0.135 e. The van der Waals surface area contributed by atoms with Crippen LogP contribution >= 0.6 is 0 Å². The lowest BCUT2D eigenvalue weighted by molar-refractivity contribution is 0.147. The summed E-state index contributed by atoms with van der Waals surface area (Å²) in [7, 11) is 0. The number of nitrogens with one attached hydrogen (secondary N) is 1. The maximum Gasteiger partial charge on any atom is 0.135 e. The summed E-state index contributed by atoms with van der Waals surface area (Å²) < 4.78 is 5.65. The van der Waals surface area contributed by atoms with Crippen LogP contribution in [0.15, 0.2) is 28.7 Å². The van der Waals surface area contributed by atoms with E-state index in [4.69, 9.17) is 4.42 Å². The lowest BCUT2D eigenvalue weighted by Crippen LogP contribution is -2.27. The molecule has 3 heteroatoms. The summed E-state index contributed by atoms with van der Waals surface area (Å²) in [5, 5.41) is 14.2. The van der Waals surface area contributed by atoms with Gasteiger partial charge in [0.2, 0.25) is 0 Å². The summed E-state index contributed by atoms with van der Waals surface area (Å²) in [5.41, 5.74) is 2.00. The Labute approximate surface area is 101 Å². The van der Waals surface area contributed by atoms with Crippen molar-refractivity contribution in [3.63, 3.8) is 0 Å². The summed E-state index contributed by atoms with van der Waals surface area (Å²) in [6.45, 7) is 6.64. The van der Waals surface area contributed by atoms with E-state index in [1.807, 2.05) is 31.2 Å². The molecule has 1 heterocycles. The summed E-state index contributed by atoms with van der Waals surface area (Å²) in [6.07, 6.45) is -0.592. The fourth-order valence-corrected chi connectivity index (χ4v) is 1.77. The number of rotatable bonds is 4. The van der Waals surface area contributed by atoms with Gasteiger partial charge in [0.05, 0.1) is 0 Å². The number of furan rings is 1. The number of hydrogen-bond acceptors (Lipinski definition) is 3. The fourth-order valence-electron chi connectivity index (χ4n) is 1.77. The number of aryl methyl sites for hydroxylation is 1. The summed E-state index contributed by atoms with van der Waals surface area (Å²) >= 11 is 0. The van der Waals surface area contributed by atoms with Gasteiger partial charge >= 0.3 is 0 Å². The van der Waals surface area contributed by atoms with Crippen LogP contribution in [0.4, 0.5) is 0 Å². The minimum atomic E-state index is -0.592. The third kappa shape index (κ3) is 2.87. The second kappa shape index (κ2) is 4.90. The molecule has 0 radical (unpaired) electrons. The summed E-state index contributed by atoms with van der Waals surface area (Å²) in [4.78, 5) is 0. The predicted octanol–water partition coefficient (Wildman–Crippen LogP) is 2.77. The van der Waals surface area contributed by atoms with Crippen molar-refractivity contribution in [1.29, 1.82) is 0 Å². The molecule has 0 spiro atoms. The second-order valence-corrected chi connectivity index (χ2v) is 4.77. The maximum atomic E-state index is 9.98. The van der Waals surface area contributed by atoms with E-state index < -0.39 is 6.10 Å². The number of benzene rings is 1. The van der Waals surface area contributed by atoms with Crippen LogP contribution in [0.3, 0.4) is 0 Å². The van der Waals surface area contributed by atoms with E-state index >= 15 is 0 Å². The van der Waals surface area contributed by atoms with E-state index in [9.17, 15) is 5.11 Å². The third-order valence-electron chi connectivity index (χ3n) is 2.74. The molecule has 0 aliphatic heterocycles. The highest BCUT2D eigenvalue weighted by Crippen LogP contribution is 2.24. The molecule has 1 unspecified atom stereocenters. The number of aliphatic hydroxyl groups is 1. The molecule has 3 nitrogen and oxygen atoms in total. The minimum Gasteiger partial charge on any atom is -0.458 e. The van der Waals surface area contributed by atoms with Crippen molar-refractivity contribution >= 4 is 11.0 Å². The quantitative estimate of drug-likeness (QED) is 0.853. The monoisotopic (exact) mass is 233 g/mol. The molecular weight excluding hydrogens is 214 g/mol. The van der Waals surface area contributed by atoms with E-state index in [-0.39, 0.29) is 0 Å². The van der Waals surface area contributed by atoms with Crippen molar-refractivity contribution in [3.05, 3.63) is 35.6 Å². The molecule has 0 aliphatic rings. The molecule has 2 N–H and O–H groups in total. The molecule has 92 valence electrons. The maximum absolute atomic E-state index is 9.98. The Kier molecular flexibility index (Phi) is 3.50. The molecular formula is C14H19NO2. The van der Waals surface area contributed by atoms with Crippen molar-refractivity contribution in [1.82, 2.24) is 5.32 Å². The van der Waals surface area contributed by atoms with Crippen LogP contribution in [0.5, 0.6) is 0 Å². The molecule has 1 aromatic heterocycles. The zero-order chi connectivity index (χ0) is 12.4. The molecule has 0 saturated heterocycles. The van der Waals surface area contributed by atoms with Gasteiger partial charge in [0, 0.05) is 18.0 Å². The van der Waals surface area contributed by atoms with E-state index in [1.54, 1.807) is 0 Å². The van der Waals surface area contributed by atoms with E-state index in [0.717, 1.165) is 16.5 Å². The zero-order valence-electron chi connectivity index (χ0n) is 10.5. The predicted molar refractivity (Wildman–Crippen MR) is 69.0 cm³/mol. The van der Waals surface area contributed by atoms with Gasteiger partial charge in [0.25, 0.3) is 0 Å². The van der Waals surface area contributed by atoms with Crippen molar-refractivity contribution in [2.24, 2.45) is 0 Å². The topological polar surface area (TPSA) is 45.4 Å². The Bertz CT molecular complexity index is 502. The molecule has 0 bridgehead atoms. The minimum absolute atomic E-state index is 0.358. The van der Waals surface area contributed by atoms with Crippen LogP contribution < -0.4 is 5.32 Å². The van der Waals surface area contributed by atoms with Gasteiger partial charge in [0.15, 0.2) is 0 Å². The summed E-state index contributed by atoms with van der Waals surface area (Å²) in [6, 6.07) is 8.31. The number of aliphatic hydroxyl groups excluding tert-OH is 1. The largest absolute Gasteiger partial charge is 0.458 e. The van der Waals surface area contributed by atoms with Gasteiger partial charge < -0.3 is 14.8 Å². The van der Waals surface area contributed by atoms with Gasteiger partial charge in [0.1, 0.15) is 17.4 Å². The highest BCUT2D eigenvalue weighted by Gasteiger charge is 2.13. The van der Waals surface area contributed by atoms with Gasteiger partial charge in [-0.15, -0.1) is 0 Å². The van der Waals surface area contributed by atoms with Gasteiger partial charge in [-0.3, -0.25) is 0 Å². The molecule has 1 aromatic carbocycles. The van der Waals surface area contributed by atoms with Crippen LogP contribution in [0.1, 0.15) is 31.3 Å². The molecule has 0 fully saturated rings. The van der Waals surface area contributed by atoms with Crippen molar-refractivity contribution in [3.8, 4) is 0 Å². The van der Waals surface area contributed by atoms with Crippen LogP contribution in [0.25, 0.3) is 11.0 Å². The Morgan fingerprint density at radius 1 is 1.29 bits per heavy atom. The SMILES string of the molecule is Cc1ccc2cc(C(O)CNC(C)C)oc2c1. The van der Waals surface area contributed by atoms with E-state index in [2.05, 4.69) is 19.2 Å². The highest BCUT2D eigenvalue weighted by atomic mass is 16.4. The van der Waals surface area contributed by atoms with Crippen LogP contribution in [-0.4, -0.2) is 17.7 Å². The molecule has 17 heavy (non-hydrogen) atoms. The van der Waals surface area contributed by atoms with Crippen LogP contribution in [0, 0.1) is 6.92 Å². The molecule has 0 aliphatic carbocycles. The Morgan fingerprint density at radius 3 is 2.76 bits per heavy atom. The van der Waals surface area contributed by atoms with Crippen LogP contribution in [0.2, 0.25) is 0 Å².